The summed E-state index contributed by atoms with van der Waals surface area (Å²) in [4.78, 5) is 17.5. The van der Waals surface area contributed by atoms with Crippen molar-refractivity contribution < 1.29 is 9.53 Å². The Morgan fingerprint density at radius 1 is 1.14 bits per heavy atom. The number of fused-ring (bicyclic) bond motifs is 1. The van der Waals surface area contributed by atoms with Gasteiger partial charge >= 0.3 is 0 Å². The van der Waals surface area contributed by atoms with E-state index in [-0.39, 0.29) is 5.91 Å². The second-order valence-corrected chi connectivity index (χ2v) is 7.70. The number of ether oxygens (including phenoxy) is 1. The topological polar surface area (TPSA) is 69.0 Å². The first-order chi connectivity index (χ1) is 13.4. The fourth-order valence-electron chi connectivity index (χ4n) is 3.14. The molecule has 2 aromatic heterocycles. The number of anilines is 1. The summed E-state index contributed by atoms with van der Waals surface area (Å²) >= 11 is 1.55. The lowest BCUT2D eigenvalue weighted by molar-refractivity contribution is 0.102. The van der Waals surface area contributed by atoms with Crippen LogP contribution in [0.1, 0.15) is 27.2 Å². The summed E-state index contributed by atoms with van der Waals surface area (Å²) in [7, 11) is 1.58. The van der Waals surface area contributed by atoms with Gasteiger partial charge in [-0.2, -0.15) is 9.78 Å². The number of aromatic nitrogens is 3. The summed E-state index contributed by atoms with van der Waals surface area (Å²) in [6.45, 7) is 6.02. The minimum absolute atomic E-state index is 0.229. The molecule has 0 spiro atoms. The van der Waals surface area contributed by atoms with Crippen molar-refractivity contribution in [3.63, 3.8) is 0 Å². The average molecular weight is 392 g/mol. The highest BCUT2D eigenvalue weighted by Crippen LogP contribution is 2.30. The third kappa shape index (κ3) is 3.36. The van der Waals surface area contributed by atoms with Crippen molar-refractivity contribution in [2.45, 2.75) is 20.8 Å². The first-order valence-electron chi connectivity index (χ1n) is 8.85. The van der Waals surface area contributed by atoms with Crippen LogP contribution >= 0.6 is 11.3 Å². The van der Waals surface area contributed by atoms with Crippen LogP contribution in [0.4, 0.5) is 5.82 Å². The number of nitrogens with one attached hydrogen (secondary N) is 1. The van der Waals surface area contributed by atoms with Crippen molar-refractivity contribution in [1.29, 1.82) is 0 Å². The van der Waals surface area contributed by atoms with Crippen molar-refractivity contribution in [1.82, 2.24) is 14.8 Å². The molecule has 142 valence electrons. The van der Waals surface area contributed by atoms with Crippen LogP contribution in [0, 0.1) is 20.8 Å². The highest BCUT2D eigenvalue weighted by Gasteiger charge is 2.16. The summed E-state index contributed by atoms with van der Waals surface area (Å²) in [6, 6.07) is 13.1. The summed E-state index contributed by atoms with van der Waals surface area (Å²) in [5, 5.41) is 8.19. The first-order valence-corrected chi connectivity index (χ1v) is 9.66. The normalized spacial score (nSPS) is 11.0. The van der Waals surface area contributed by atoms with Crippen LogP contribution in [-0.2, 0) is 0 Å². The third-order valence-corrected chi connectivity index (χ3v) is 5.38. The first kappa shape index (κ1) is 18.2. The average Bonchev–Trinajstić information content (AvgIpc) is 3.25. The maximum atomic E-state index is 12.7. The third-order valence-electron chi connectivity index (χ3n) is 4.40. The predicted octanol–water partition coefficient (Wildman–Crippen LogP) is 4.67. The fourth-order valence-corrected chi connectivity index (χ4v) is 4.24. The molecule has 0 atom stereocenters. The molecule has 1 amide bonds. The van der Waals surface area contributed by atoms with E-state index in [2.05, 4.69) is 36.4 Å². The number of hydrogen-bond donors (Lipinski definition) is 1. The van der Waals surface area contributed by atoms with Gasteiger partial charge in [0.15, 0.2) is 0 Å². The number of carbonyl (C=O) groups excluding carboxylic acids is 1. The molecule has 0 radical (unpaired) electrons. The highest BCUT2D eigenvalue weighted by molar-refractivity contribution is 7.20. The van der Waals surface area contributed by atoms with Crippen LogP contribution in [0.3, 0.4) is 0 Å². The van der Waals surface area contributed by atoms with Crippen LogP contribution in [0.25, 0.3) is 15.3 Å². The number of nitrogens with zero attached hydrogens (tertiary/aromatic N) is 3. The zero-order valence-electron chi connectivity index (χ0n) is 16.1. The number of amides is 1. The fraction of sp³-hybridized carbons (Fsp3) is 0.190. The molecule has 1 N–H and O–H groups in total. The lowest BCUT2D eigenvalue weighted by atomic mass is 10.1. The summed E-state index contributed by atoms with van der Waals surface area (Å²) in [5.74, 6) is 0.987. The van der Waals surface area contributed by atoms with Crippen molar-refractivity contribution in [3.8, 4) is 10.9 Å². The Balaban J connectivity index is 1.71. The molecule has 6 nitrogen and oxygen atoms in total. The number of methoxy groups -OCH3 is 1. The molecule has 0 aliphatic heterocycles. The molecular formula is C21H20N4O2S. The summed E-state index contributed by atoms with van der Waals surface area (Å²) in [5.41, 5.74) is 4.60. The van der Waals surface area contributed by atoms with Gasteiger partial charge in [0.1, 0.15) is 11.6 Å². The van der Waals surface area contributed by atoms with Gasteiger partial charge in [-0.1, -0.05) is 23.5 Å². The monoisotopic (exact) mass is 392 g/mol. The Hall–Kier alpha value is -3.19. The van der Waals surface area contributed by atoms with E-state index in [1.54, 1.807) is 47.4 Å². The van der Waals surface area contributed by atoms with E-state index >= 15 is 0 Å². The molecular weight excluding hydrogens is 372 g/mol. The van der Waals surface area contributed by atoms with Crippen LogP contribution in [-0.4, -0.2) is 27.8 Å². The van der Waals surface area contributed by atoms with E-state index in [0.717, 1.165) is 26.6 Å². The minimum atomic E-state index is -0.229. The van der Waals surface area contributed by atoms with E-state index in [1.807, 2.05) is 13.0 Å². The van der Waals surface area contributed by atoms with E-state index in [1.165, 1.54) is 5.56 Å². The molecule has 0 saturated carbocycles. The molecule has 0 fully saturated rings. The van der Waals surface area contributed by atoms with Gasteiger partial charge in [-0.15, -0.1) is 0 Å². The Morgan fingerprint density at radius 3 is 2.75 bits per heavy atom. The van der Waals surface area contributed by atoms with Gasteiger partial charge in [-0.05, 0) is 56.2 Å². The SMILES string of the molecule is COc1cccc(C(=O)Nc2cc(C)nn2-c2nc3c(C)cc(C)cc3s2)c1. The van der Waals surface area contributed by atoms with Gasteiger partial charge in [0.25, 0.3) is 5.91 Å². The highest BCUT2D eigenvalue weighted by atomic mass is 32.1. The van der Waals surface area contributed by atoms with E-state index in [9.17, 15) is 4.79 Å². The van der Waals surface area contributed by atoms with Gasteiger partial charge < -0.3 is 10.1 Å². The van der Waals surface area contributed by atoms with Crippen LogP contribution in [0.15, 0.2) is 42.5 Å². The predicted molar refractivity (Wildman–Crippen MR) is 112 cm³/mol. The van der Waals surface area contributed by atoms with Gasteiger partial charge in [-0.25, -0.2) is 4.98 Å². The Bertz CT molecular complexity index is 1190. The summed E-state index contributed by atoms with van der Waals surface area (Å²) < 4.78 is 7.99. The molecule has 2 aromatic carbocycles. The molecule has 0 unspecified atom stereocenters. The number of benzene rings is 2. The zero-order chi connectivity index (χ0) is 19.8. The molecule has 0 bridgehead atoms. The minimum Gasteiger partial charge on any atom is -0.497 e. The Morgan fingerprint density at radius 2 is 1.96 bits per heavy atom. The van der Waals surface area contributed by atoms with Gasteiger partial charge in [-0.3, -0.25) is 4.79 Å². The Kier molecular flexibility index (Phi) is 4.60. The molecule has 0 saturated heterocycles. The van der Waals surface area contributed by atoms with E-state index in [0.29, 0.717) is 17.1 Å². The number of hydrogen-bond acceptors (Lipinski definition) is 5. The van der Waals surface area contributed by atoms with Gasteiger partial charge in [0.2, 0.25) is 5.13 Å². The summed E-state index contributed by atoms with van der Waals surface area (Å²) in [6.07, 6.45) is 0. The second-order valence-electron chi connectivity index (χ2n) is 6.69. The molecule has 0 aliphatic carbocycles. The van der Waals surface area contributed by atoms with Gasteiger partial charge in [0, 0.05) is 11.6 Å². The van der Waals surface area contributed by atoms with Crippen molar-refractivity contribution in [3.05, 3.63) is 64.8 Å². The Labute approximate surface area is 166 Å². The van der Waals surface area contributed by atoms with Gasteiger partial charge in [0.05, 0.1) is 23.0 Å². The number of rotatable bonds is 4. The van der Waals surface area contributed by atoms with E-state index in [4.69, 9.17) is 9.72 Å². The van der Waals surface area contributed by atoms with Crippen LogP contribution in [0.5, 0.6) is 5.75 Å². The lowest BCUT2D eigenvalue weighted by Gasteiger charge is -2.07. The van der Waals surface area contributed by atoms with Crippen LogP contribution < -0.4 is 10.1 Å². The molecule has 28 heavy (non-hydrogen) atoms. The quantitative estimate of drug-likeness (QED) is 0.548. The van der Waals surface area contributed by atoms with Crippen molar-refractivity contribution >= 4 is 33.3 Å². The number of thiazole rings is 1. The maximum absolute atomic E-state index is 12.7. The maximum Gasteiger partial charge on any atom is 0.256 e. The standard InChI is InChI=1S/C21H20N4O2S/c1-12-8-13(2)19-17(9-12)28-21(23-19)25-18(10-14(3)24-25)22-20(26)15-6-5-7-16(11-15)27-4/h5-11H,1-4H3,(H,22,26). The second kappa shape index (κ2) is 7.09. The van der Waals surface area contributed by atoms with Crippen LogP contribution in [0.2, 0.25) is 0 Å². The largest absolute Gasteiger partial charge is 0.497 e. The molecule has 7 heteroatoms. The molecule has 2 heterocycles. The molecule has 4 aromatic rings. The lowest BCUT2D eigenvalue weighted by Crippen LogP contribution is -2.15. The number of aryl methyl sites for hydroxylation is 3. The zero-order valence-corrected chi connectivity index (χ0v) is 16.9. The molecule has 0 aliphatic rings. The smallest absolute Gasteiger partial charge is 0.256 e. The van der Waals surface area contributed by atoms with Crippen molar-refractivity contribution in [2.75, 3.05) is 12.4 Å². The van der Waals surface area contributed by atoms with Crippen molar-refractivity contribution in [2.24, 2.45) is 0 Å². The molecule has 4 rings (SSSR count). The number of carbonyl (C=O) groups is 1. The van der Waals surface area contributed by atoms with E-state index < -0.39 is 0 Å².